The summed E-state index contributed by atoms with van der Waals surface area (Å²) in [5.74, 6) is -1.22. The number of carboxylic acids is 1. The molecule has 32 heavy (non-hydrogen) atoms. The number of nitrogens with zero attached hydrogens (tertiary/aromatic N) is 2. The molecule has 0 unspecified atom stereocenters. The van der Waals surface area contributed by atoms with Gasteiger partial charge in [0.1, 0.15) is 0 Å². The molecule has 0 amide bonds. The molecular formula is C26H34N2O4. The Morgan fingerprint density at radius 2 is 1.69 bits per heavy atom. The molecule has 6 nitrogen and oxygen atoms in total. The zero-order valence-corrected chi connectivity index (χ0v) is 20.0. The highest BCUT2D eigenvalue weighted by molar-refractivity contribution is 5.90. The zero-order chi connectivity index (χ0) is 23.6. The topological polar surface area (TPSA) is 79.7 Å². The van der Waals surface area contributed by atoms with Crippen molar-refractivity contribution in [2.45, 2.75) is 66.9 Å². The van der Waals surface area contributed by atoms with Gasteiger partial charge in [0.25, 0.3) is 0 Å². The lowest BCUT2D eigenvalue weighted by molar-refractivity contribution is -0.146. The van der Waals surface area contributed by atoms with E-state index in [1.54, 1.807) is 12.1 Å². The highest BCUT2D eigenvalue weighted by Gasteiger charge is 2.30. The smallest absolute Gasteiger partial charge is 0.335 e. The third-order valence-electron chi connectivity index (χ3n) is 6.20. The first-order chi connectivity index (χ1) is 15.0. The average Bonchev–Trinajstić information content (AvgIpc) is 2.69. The normalized spacial score (nSPS) is 15.7. The number of aromatic nitrogens is 1. The Hall–Kier alpha value is -2.89. The highest BCUT2D eigenvalue weighted by Crippen LogP contribution is 2.41. The molecule has 1 N–H and O–H groups in total. The van der Waals surface area contributed by atoms with Crippen molar-refractivity contribution in [1.29, 1.82) is 0 Å². The van der Waals surface area contributed by atoms with Gasteiger partial charge in [-0.3, -0.25) is 9.78 Å². The number of carboxylic acid groups (broad SMARTS) is 1. The monoisotopic (exact) mass is 438 g/mol. The summed E-state index contributed by atoms with van der Waals surface area (Å²) in [5, 5.41) is 9.29. The summed E-state index contributed by atoms with van der Waals surface area (Å²) in [6, 6.07) is 6.90. The van der Waals surface area contributed by atoms with Gasteiger partial charge in [0.15, 0.2) is 0 Å². The third kappa shape index (κ3) is 5.29. The minimum Gasteiger partial charge on any atom is -0.478 e. The molecule has 0 radical (unpaired) electrons. The van der Waals surface area contributed by atoms with Crippen LogP contribution in [0.5, 0.6) is 0 Å². The first-order valence-corrected chi connectivity index (χ1v) is 11.3. The molecule has 0 bridgehead atoms. The van der Waals surface area contributed by atoms with Crippen LogP contribution in [0.25, 0.3) is 11.1 Å². The Labute approximate surface area is 190 Å². The van der Waals surface area contributed by atoms with Crippen molar-refractivity contribution in [1.82, 2.24) is 4.98 Å². The van der Waals surface area contributed by atoms with Gasteiger partial charge in [-0.1, -0.05) is 26.0 Å². The molecule has 1 aliphatic rings. The molecule has 1 aliphatic heterocycles. The van der Waals surface area contributed by atoms with E-state index >= 15 is 0 Å². The number of hydrogen-bond acceptors (Lipinski definition) is 5. The van der Waals surface area contributed by atoms with Gasteiger partial charge >= 0.3 is 11.9 Å². The van der Waals surface area contributed by atoms with Crippen molar-refractivity contribution in [3.05, 3.63) is 46.8 Å². The number of aromatic carboxylic acids is 1. The lowest BCUT2D eigenvalue weighted by Crippen LogP contribution is -2.38. The van der Waals surface area contributed by atoms with Crippen molar-refractivity contribution in [3.8, 4) is 11.1 Å². The fourth-order valence-corrected chi connectivity index (χ4v) is 4.34. The molecule has 2 heterocycles. The SMILES string of the molecule is Cc1nc(C)c(-c2ccc(C(=O)O)cc2)c(N2CCC(C)(C)CC2)c1CC(=O)OC(C)C. The van der Waals surface area contributed by atoms with Gasteiger partial charge in [0, 0.05) is 35.6 Å². The quantitative estimate of drug-likeness (QED) is 0.626. The van der Waals surface area contributed by atoms with Gasteiger partial charge in [-0.05, 0) is 63.6 Å². The molecule has 6 heteroatoms. The number of hydrogen-bond donors (Lipinski definition) is 1. The first kappa shape index (κ1) is 23.8. The maximum absolute atomic E-state index is 12.6. The van der Waals surface area contributed by atoms with Crippen LogP contribution in [-0.4, -0.2) is 41.2 Å². The summed E-state index contributed by atoms with van der Waals surface area (Å²) in [6.07, 6.45) is 2.09. The second-order valence-electron chi connectivity index (χ2n) is 9.73. The Kier molecular flexibility index (Phi) is 6.91. The van der Waals surface area contributed by atoms with Crippen LogP contribution in [0, 0.1) is 19.3 Å². The second-order valence-corrected chi connectivity index (χ2v) is 9.73. The van der Waals surface area contributed by atoms with E-state index in [1.165, 1.54) is 0 Å². The molecule has 1 saturated heterocycles. The standard InChI is InChI=1S/C26H34N2O4/c1-16(2)32-22(29)15-21-17(3)27-18(4)23(19-7-9-20(10-8-19)25(30)31)24(21)28-13-11-26(5,6)12-14-28/h7-10,16H,11-15H2,1-6H3,(H,30,31). The lowest BCUT2D eigenvalue weighted by atomic mass is 9.82. The van der Waals surface area contributed by atoms with Crippen LogP contribution in [-0.2, 0) is 16.0 Å². The van der Waals surface area contributed by atoms with Crippen molar-refractivity contribution in [2.24, 2.45) is 5.41 Å². The van der Waals surface area contributed by atoms with Crippen molar-refractivity contribution < 1.29 is 19.4 Å². The van der Waals surface area contributed by atoms with Crippen molar-refractivity contribution in [3.63, 3.8) is 0 Å². The molecule has 0 aliphatic carbocycles. The number of ether oxygens (including phenoxy) is 1. The summed E-state index contributed by atoms with van der Waals surface area (Å²) >= 11 is 0. The van der Waals surface area contributed by atoms with E-state index in [0.717, 1.165) is 59.7 Å². The maximum atomic E-state index is 12.6. The molecule has 1 aromatic carbocycles. The number of carbonyl (C=O) groups is 2. The molecule has 0 saturated carbocycles. The molecule has 0 atom stereocenters. The van der Waals surface area contributed by atoms with Gasteiger partial charge < -0.3 is 14.7 Å². The number of aryl methyl sites for hydroxylation is 2. The fourth-order valence-electron chi connectivity index (χ4n) is 4.34. The molecule has 0 spiro atoms. The second kappa shape index (κ2) is 9.31. The number of pyridine rings is 1. The van der Waals surface area contributed by atoms with Crippen LogP contribution in [0.1, 0.15) is 67.8 Å². The Balaban J connectivity index is 2.15. The Morgan fingerprint density at radius 3 is 2.22 bits per heavy atom. The molecule has 1 aromatic heterocycles. The molecule has 3 rings (SSSR count). The van der Waals surface area contributed by atoms with Crippen LogP contribution < -0.4 is 4.90 Å². The summed E-state index contributed by atoms with van der Waals surface area (Å²) in [5.41, 5.74) is 5.99. The number of esters is 1. The number of benzene rings is 1. The minimum absolute atomic E-state index is 0.159. The van der Waals surface area contributed by atoms with Gasteiger partial charge in [0.2, 0.25) is 0 Å². The van der Waals surface area contributed by atoms with Crippen LogP contribution in [0.4, 0.5) is 5.69 Å². The average molecular weight is 439 g/mol. The van der Waals surface area contributed by atoms with Crippen LogP contribution >= 0.6 is 0 Å². The Morgan fingerprint density at radius 1 is 1.09 bits per heavy atom. The predicted octanol–water partition coefficient (Wildman–Crippen LogP) is 5.18. The first-order valence-electron chi connectivity index (χ1n) is 11.3. The number of piperidine rings is 1. The minimum atomic E-state index is -0.953. The summed E-state index contributed by atoms with van der Waals surface area (Å²) in [7, 11) is 0. The number of carbonyl (C=O) groups excluding carboxylic acids is 1. The van der Waals surface area contributed by atoms with Crippen LogP contribution in [0.3, 0.4) is 0 Å². The van der Waals surface area contributed by atoms with Gasteiger partial charge in [0.05, 0.1) is 23.8 Å². The molecule has 172 valence electrons. The molecular weight excluding hydrogens is 404 g/mol. The zero-order valence-electron chi connectivity index (χ0n) is 20.0. The van der Waals surface area contributed by atoms with E-state index < -0.39 is 5.97 Å². The van der Waals surface area contributed by atoms with Gasteiger partial charge in [-0.25, -0.2) is 4.79 Å². The number of anilines is 1. The Bertz CT molecular complexity index is 999. The van der Waals surface area contributed by atoms with E-state index in [-0.39, 0.29) is 29.5 Å². The van der Waals surface area contributed by atoms with Crippen LogP contribution in [0.2, 0.25) is 0 Å². The predicted molar refractivity (Wildman–Crippen MR) is 126 cm³/mol. The van der Waals surface area contributed by atoms with E-state index in [1.807, 2.05) is 39.8 Å². The van der Waals surface area contributed by atoms with E-state index in [2.05, 4.69) is 18.7 Å². The highest BCUT2D eigenvalue weighted by atomic mass is 16.5. The van der Waals surface area contributed by atoms with E-state index in [0.29, 0.717) is 0 Å². The third-order valence-corrected chi connectivity index (χ3v) is 6.20. The summed E-state index contributed by atoms with van der Waals surface area (Å²) in [6.45, 7) is 14.0. The maximum Gasteiger partial charge on any atom is 0.335 e. The van der Waals surface area contributed by atoms with Crippen molar-refractivity contribution in [2.75, 3.05) is 18.0 Å². The lowest BCUT2D eigenvalue weighted by Gasteiger charge is -2.40. The van der Waals surface area contributed by atoms with Gasteiger partial charge in [-0.2, -0.15) is 0 Å². The van der Waals surface area contributed by atoms with Gasteiger partial charge in [-0.15, -0.1) is 0 Å². The summed E-state index contributed by atoms with van der Waals surface area (Å²) in [4.78, 5) is 31.1. The van der Waals surface area contributed by atoms with E-state index in [4.69, 9.17) is 9.72 Å². The summed E-state index contributed by atoms with van der Waals surface area (Å²) < 4.78 is 5.45. The largest absolute Gasteiger partial charge is 0.478 e. The van der Waals surface area contributed by atoms with Crippen molar-refractivity contribution >= 4 is 17.6 Å². The van der Waals surface area contributed by atoms with E-state index in [9.17, 15) is 14.7 Å². The van der Waals surface area contributed by atoms with Crippen LogP contribution in [0.15, 0.2) is 24.3 Å². The molecule has 1 fully saturated rings. The number of rotatable bonds is 6. The molecule has 2 aromatic rings. The fraction of sp³-hybridized carbons (Fsp3) is 0.500.